The maximum atomic E-state index is 16.8. The van der Waals surface area contributed by atoms with Gasteiger partial charge in [-0.15, -0.1) is 0 Å². The van der Waals surface area contributed by atoms with E-state index in [9.17, 15) is 9.32 Å². The van der Waals surface area contributed by atoms with Crippen LogP contribution in [0.5, 0.6) is 11.8 Å². The predicted octanol–water partition coefficient (Wildman–Crippen LogP) is 5.98. The summed E-state index contributed by atoms with van der Waals surface area (Å²) in [5, 5.41) is 15.3. The number of aromatic nitrogens is 2. The molecule has 4 unspecified atom stereocenters. The summed E-state index contributed by atoms with van der Waals surface area (Å²) in [5.41, 5.74) is 1.62. The zero-order valence-electron chi connectivity index (χ0n) is 25.9. The molecule has 1 saturated carbocycles. The summed E-state index contributed by atoms with van der Waals surface area (Å²) in [5.74, 6) is 1.48. The number of aromatic hydroxyl groups is 1. The molecule has 0 radical (unpaired) electrons. The lowest BCUT2D eigenvalue weighted by atomic mass is 9.94. The van der Waals surface area contributed by atoms with E-state index in [0.717, 1.165) is 70.1 Å². The molecular weight excluding hydrogens is 650 g/mol. The minimum Gasteiger partial charge on any atom is -0.508 e. The van der Waals surface area contributed by atoms with E-state index in [1.165, 1.54) is 6.07 Å². The van der Waals surface area contributed by atoms with Gasteiger partial charge in [0.2, 0.25) is 0 Å². The Labute approximate surface area is 279 Å². The lowest BCUT2D eigenvalue weighted by Gasteiger charge is -2.36. The van der Waals surface area contributed by atoms with Crippen molar-refractivity contribution in [3.05, 3.63) is 39.6 Å². The van der Waals surface area contributed by atoms with Gasteiger partial charge in [0.05, 0.1) is 11.6 Å². The number of nitrogens with zero attached hydrogens (tertiary/aromatic N) is 5. The van der Waals surface area contributed by atoms with Gasteiger partial charge in [-0.05, 0) is 80.2 Å². The molecule has 9 nitrogen and oxygen atoms in total. The van der Waals surface area contributed by atoms with E-state index < -0.39 is 15.5 Å². The average Bonchev–Trinajstić information content (AvgIpc) is 3.75. The Hall–Kier alpha value is -2.44. The van der Waals surface area contributed by atoms with Gasteiger partial charge in [0.1, 0.15) is 17.1 Å². The van der Waals surface area contributed by atoms with Crippen LogP contribution in [0.3, 0.4) is 0 Å². The number of piperazine rings is 1. The van der Waals surface area contributed by atoms with Crippen molar-refractivity contribution in [2.24, 2.45) is 4.36 Å². The average molecular weight is 690 g/mol. The van der Waals surface area contributed by atoms with Crippen LogP contribution in [0.25, 0.3) is 22.0 Å². The summed E-state index contributed by atoms with van der Waals surface area (Å²) in [7, 11) is -0.414. The van der Waals surface area contributed by atoms with Gasteiger partial charge in [0.15, 0.2) is 5.82 Å². The molecule has 1 aromatic heterocycles. The number of rotatable bonds is 8. The van der Waals surface area contributed by atoms with Crippen LogP contribution in [0.1, 0.15) is 56.4 Å². The first-order chi connectivity index (χ1) is 22.2. The summed E-state index contributed by atoms with van der Waals surface area (Å²) in [6, 6.07) is 6.21. The molecule has 5 heterocycles. The Balaban J connectivity index is 1.12. The fraction of sp³-hybridized carbons (Fsp3) is 0.576. The van der Waals surface area contributed by atoms with Gasteiger partial charge < -0.3 is 20.1 Å². The molecule has 2 N–H and O–H groups in total. The molecule has 4 aliphatic heterocycles. The van der Waals surface area contributed by atoms with Crippen LogP contribution in [-0.2, 0) is 9.73 Å². The molecular formula is C33H39Cl2FN6O3S. The second kappa shape index (κ2) is 11.9. The number of hydrogen-bond acceptors (Lipinski definition) is 9. The first-order valence-electron chi connectivity index (χ1n) is 16.4. The molecule has 246 valence electrons. The fourth-order valence-electron chi connectivity index (χ4n) is 8.25. The third kappa shape index (κ3) is 5.59. The van der Waals surface area contributed by atoms with E-state index in [2.05, 4.69) is 24.5 Å². The molecule has 5 fully saturated rings. The van der Waals surface area contributed by atoms with Crippen LogP contribution >= 0.6 is 23.2 Å². The summed E-state index contributed by atoms with van der Waals surface area (Å²) >= 11 is 13.5. The minimum atomic E-state index is -2.09. The van der Waals surface area contributed by atoms with Crippen molar-refractivity contribution in [2.45, 2.75) is 75.0 Å². The summed E-state index contributed by atoms with van der Waals surface area (Å²) in [6.07, 6.45) is 6.94. The number of fused-ring (bicyclic) bond motifs is 5. The normalized spacial score (nSPS) is 29.1. The Morgan fingerprint density at radius 3 is 2.43 bits per heavy atom. The van der Waals surface area contributed by atoms with Crippen LogP contribution in [0, 0.1) is 5.82 Å². The van der Waals surface area contributed by atoms with Crippen molar-refractivity contribution >= 4 is 49.7 Å². The smallest absolute Gasteiger partial charge is 0.319 e. The summed E-state index contributed by atoms with van der Waals surface area (Å²) in [6.45, 7) is 2.70. The first kappa shape index (κ1) is 30.9. The van der Waals surface area contributed by atoms with Gasteiger partial charge in [-0.3, -0.25) is 4.90 Å². The molecule has 4 saturated heterocycles. The molecule has 3 aromatic rings. The van der Waals surface area contributed by atoms with Crippen molar-refractivity contribution in [1.82, 2.24) is 20.2 Å². The standard InChI is InChI=1S/C33H39Cl2FN6O3S/c1-37-46(44)16-21-7-8-22(17-46)42(21)9-2-10-45-33-39-31-25(32(40-33)41-14-19-5-6-20(15-41)38-19)13-27(35)29(30(31)36)24-11-23(43)12-26(34)28(24)18-3-4-18/h11-13,18-22,38,43H,2-10,14-17H2,1H3. The van der Waals surface area contributed by atoms with E-state index in [4.69, 9.17) is 32.9 Å². The van der Waals surface area contributed by atoms with Gasteiger partial charge in [-0.1, -0.05) is 23.2 Å². The van der Waals surface area contributed by atoms with Crippen molar-refractivity contribution in [1.29, 1.82) is 0 Å². The predicted molar refractivity (Wildman–Crippen MR) is 181 cm³/mol. The molecule has 0 amide bonds. The second-order valence-electron chi connectivity index (χ2n) is 13.6. The van der Waals surface area contributed by atoms with Gasteiger partial charge >= 0.3 is 6.01 Å². The van der Waals surface area contributed by atoms with Crippen molar-refractivity contribution in [2.75, 3.05) is 49.7 Å². The van der Waals surface area contributed by atoms with E-state index in [1.54, 1.807) is 19.2 Å². The summed E-state index contributed by atoms with van der Waals surface area (Å²) < 4.78 is 40.2. The van der Waals surface area contributed by atoms with Crippen LogP contribution < -0.4 is 15.0 Å². The fourth-order valence-corrected chi connectivity index (χ4v) is 11.3. The molecule has 5 aliphatic rings. The first-order valence-corrected chi connectivity index (χ1v) is 19.0. The minimum absolute atomic E-state index is 0.0442. The molecule has 4 atom stereocenters. The topological polar surface area (TPSA) is 103 Å². The van der Waals surface area contributed by atoms with Crippen LogP contribution in [0.2, 0.25) is 10.0 Å². The number of benzene rings is 2. The van der Waals surface area contributed by atoms with Crippen LogP contribution in [0.15, 0.2) is 22.6 Å². The van der Waals surface area contributed by atoms with Crippen molar-refractivity contribution < 1.29 is 18.4 Å². The quantitative estimate of drug-likeness (QED) is 0.279. The Kier molecular flexibility index (Phi) is 7.99. The largest absolute Gasteiger partial charge is 0.508 e. The second-order valence-corrected chi connectivity index (χ2v) is 17.0. The molecule has 2 aromatic carbocycles. The Morgan fingerprint density at radius 1 is 1.04 bits per heavy atom. The zero-order chi connectivity index (χ0) is 31.7. The van der Waals surface area contributed by atoms with Crippen LogP contribution in [-0.4, -0.2) is 93.1 Å². The number of phenolic OH excluding ortho intramolecular Hbond substituents is 1. The Bertz CT molecular complexity index is 1800. The highest BCUT2D eigenvalue weighted by atomic mass is 35.5. The van der Waals surface area contributed by atoms with Crippen LogP contribution in [0.4, 0.5) is 10.2 Å². The highest BCUT2D eigenvalue weighted by Gasteiger charge is 2.41. The molecule has 4 bridgehead atoms. The highest BCUT2D eigenvalue weighted by molar-refractivity contribution is 7.93. The van der Waals surface area contributed by atoms with E-state index in [1.807, 2.05) is 0 Å². The number of anilines is 1. The van der Waals surface area contributed by atoms with Gasteiger partial charge in [0.25, 0.3) is 0 Å². The molecule has 0 spiro atoms. The van der Waals surface area contributed by atoms with Crippen molar-refractivity contribution in [3.8, 4) is 22.9 Å². The number of phenols is 1. The maximum absolute atomic E-state index is 16.8. The SMILES string of the molecule is CN=S1(=O)CC2CCC(C1)N2CCCOc1nc(N2CC3CCC(C2)N3)c2cc(Cl)c(-c3cc(O)cc(Cl)c3C3CC3)c(F)c2n1. The van der Waals surface area contributed by atoms with Gasteiger partial charge in [-0.2, -0.15) is 9.97 Å². The maximum Gasteiger partial charge on any atom is 0.319 e. The monoisotopic (exact) mass is 688 g/mol. The van der Waals surface area contributed by atoms with Gasteiger partial charge in [0, 0.05) is 88.1 Å². The van der Waals surface area contributed by atoms with Crippen molar-refractivity contribution in [3.63, 3.8) is 0 Å². The number of hydrogen-bond donors (Lipinski definition) is 2. The molecule has 13 heteroatoms. The zero-order valence-corrected chi connectivity index (χ0v) is 28.2. The summed E-state index contributed by atoms with van der Waals surface area (Å²) in [4.78, 5) is 14.2. The molecule has 46 heavy (non-hydrogen) atoms. The number of halogens is 3. The van der Waals surface area contributed by atoms with E-state index in [0.29, 0.717) is 64.1 Å². The van der Waals surface area contributed by atoms with E-state index in [-0.39, 0.29) is 33.8 Å². The Morgan fingerprint density at radius 2 is 1.76 bits per heavy atom. The number of nitrogens with one attached hydrogen (secondary N) is 1. The van der Waals surface area contributed by atoms with E-state index >= 15 is 4.39 Å². The molecule has 8 rings (SSSR count). The molecule has 1 aliphatic carbocycles. The third-order valence-electron chi connectivity index (χ3n) is 10.5. The highest BCUT2D eigenvalue weighted by Crippen LogP contribution is 2.51. The third-order valence-corrected chi connectivity index (χ3v) is 13.6. The lowest BCUT2D eigenvalue weighted by Crippen LogP contribution is -2.51. The van der Waals surface area contributed by atoms with Gasteiger partial charge in [-0.25, -0.2) is 13.0 Å². The lowest BCUT2D eigenvalue weighted by molar-refractivity contribution is 0.185. The number of ether oxygens (including phenoxy) is 1.